The fourth-order valence-electron chi connectivity index (χ4n) is 4.07. The zero-order chi connectivity index (χ0) is 21.3. The smallest absolute Gasteiger partial charge is 0.231 e. The molecule has 0 aliphatic carbocycles. The molecule has 9 heteroatoms. The summed E-state index contributed by atoms with van der Waals surface area (Å²) < 4.78 is 18.3. The summed E-state index contributed by atoms with van der Waals surface area (Å²) in [5, 5.41) is 12.2. The maximum Gasteiger partial charge on any atom is 0.231 e. The Balaban J connectivity index is 1.23. The van der Waals surface area contributed by atoms with Gasteiger partial charge in [-0.2, -0.15) is 0 Å². The van der Waals surface area contributed by atoms with Crippen molar-refractivity contribution in [2.45, 2.75) is 25.3 Å². The first kappa shape index (κ1) is 19.0. The third-order valence-corrected chi connectivity index (χ3v) is 5.79. The maximum absolute atomic E-state index is 5.48. The van der Waals surface area contributed by atoms with Gasteiger partial charge in [-0.15, -0.1) is 10.2 Å². The van der Waals surface area contributed by atoms with Crippen molar-refractivity contribution in [1.82, 2.24) is 24.6 Å². The van der Waals surface area contributed by atoms with Gasteiger partial charge in [-0.1, -0.05) is 6.07 Å². The van der Waals surface area contributed by atoms with Crippen LogP contribution in [0.25, 0.3) is 16.9 Å². The fraction of sp³-hybridized carbons (Fsp3) is 0.304. The largest absolute Gasteiger partial charge is 0.454 e. The van der Waals surface area contributed by atoms with Gasteiger partial charge < -0.3 is 19.5 Å². The van der Waals surface area contributed by atoms with E-state index in [0.29, 0.717) is 18.4 Å². The van der Waals surface area contributed by atoms with Gasteiger partial charge in [0.1, 0.15) is 5.82 Å². The molecule has 1 saturated heterocycles. The molecular weight excluding hydrogens is 408 g/mol. The fourth-order valence-corrected chi connectivity index (χ4v) is 4.07. The molecule has 0 atom stereocenters. The molecule has 3 aromatic heterocycles. The highest BCUT2D eigenvalue weighted by Gasteiger charge is 2.16. The van der Waals surface area contributed by atoms with E-state index in [2.05, 4.69) is 20.5 Å². The van der Waals surface area contributed by atoms with Gasteiger partial charge in [0.05, 0.1) is 5.69 Å². The summed E-state index contributed by atoms with van der Waals surface area (Å²) in [7, 11) is 0. The second-order valence-corrected chi connectivity index (χ2v) is 7.92. The Morgan fingerprint density at radius 3 is 2.84 bits per heavy atom. The molecule has 0 amide bonds. The predicted octanol–water partition coefficient (Wildman–Crippen LogP) is 3.10. The normalized spacial score (nSPS) is 15.9. The van der Waals surface area contributed by atoms with Gasteiger partial charge in [-0.3, -0.25) is 4.40 Å². The molecule has 0 radical (unpaired) electrons. The van der Waals surface area contributed by atoms with Crippen LogP contribution < -0.4 is 14.8 Å². The van der Waals surface area contributed by atoms with E-state index >= 15 is 0 Å². The predicted molar refractivity (Wildman–Crippen MR) is 117 cm³/mol. The number of aromatic nitrogens is 5. The van der Waals surface area contributed by atoms with E-state index < -0.39 is 0 Å². The summed E-state index contributed by atoms with van der Waals surface area (Å²) in [6.45, 7) is 1.82. The third-order valence-electron chi connectivity index (χ3n) is 5.79. The molecule has 2 aliphatic rings. The van der Waals surface area contributed by atoms with Gasteiger partial charge in [0, 0.05) is 43.6 Å². The lowest BCUT2D eigenvalue weighted by molar-refractivity contribution is 0.0903. The minimum atomic E-state index is 0.269. The lowest BCUT2D eigenvalue weighted by atomic mass is 10.1. The quantitative estimate of drug-likeness (QED) is 0.516. The highest BCUT2D eigenvalue weighted by atomic mass is 16.7. The molecule has 1 aromatic carbocycles. The van der Waals surface area contributed by atoms with Crippen LogP contribution in [0.15, 0.2) is 48.8 Å². The summed E-state index contributed by atoms with van der Waals surface area (Å²) in [4.78, 5) is 9.09. The van der Waals surface area contributed by atoms with Gasteiger partial charge in [-0.25, -0.2) is 9.97 Å². The minimum Gasteiger partial charge on any atom is -0.454 e. The van der Waals surface area contributed by atoms with E-state index in [9.17, 15) is 0 Å². The first-order chi connectivity index (χ1) is 15.8. The molecular formula is C23H22N6O3. The van der Waals surface area contributed by atoms with E-state index in [-0.39, 0.29) is 6.79 Å². The van der Waals surface area contributed by atoms with Gasteiger partial charge in [0.15, 0.2) is 17.1 Å². The van der Waals surface area contributed by atoms with Crippen LogP contribution in [0.3, 0.4) is 0 Å². The summed E-state index contributed by atoms with van der Waals surface area (Å²) in [6, 6.07) is 12.2. The highest BCUT2D eigenvalue weighted by molar-refractivity contribution is 5.64. The number of fused-ring (bicyclic) bond motifs is 2. The van der Waals surface area contributed by atoms with E-state index in [1.165, 1.54) is 0 Å². The van der Waals surface area contributed by atoms with Gasteiger partial charge in [0.2, 0.25) is 12.7 Å². The van der Waals surface area contributed by atoms with Crippen LogP contribution in [0.4, 0.5) is 5.95 Å². The molecule has 2 aliphatic heterocycles. The van der Waals surface area contributed by atoms with E-state index in [1.54, 1.807) is 6.20 Å². The summed E-state index contributed by atoms with van der Waals surface area (Å²) in [6.07, 6.45) is 6.34. The third kappa shape index (κ3) is 3.71. The second kappa shape index (κ2) is 8.08. The Morgan fingerprint density at radius 2 is 1.91 bits per heavy atom. The van der Waals surface area contributed by atoms with Crippen LogP contribution in [0.2, 0.25) is 0 Å². The number of rotatable bonds is 5. The molecule has 9 nitrogen and oxygen atoms in total. The Morgan fingerprint density at radius 1 is 1.00 bits per heavy atom. The van der Waals surface area contributed by atoms with Crippen LogP contribution >= 0.6 is 0 Å². The Labute approximate surface area is 184 Å². The van der Waals surface area contributed by atoms with Gasteiger partial charge in [-0.05, 0) is 48.7 Å². The van der Waals surface area contributed by atoms with Crippen LogP contribution in [-0.2, 0) is 11.2 Å². The van der Waals surface area contributed by atoms with Crippen molar-refractivity contribution in [1.29, 1.82) is 0 Å². The SMILES string of the molecule is c1cc(-c2ccn3c(Cc4ccc5c(c4)OCO5)nnc3c2)nc(NC2CCOCC2)n1. The first-order valence-electron chi connectivity index (χ1n) is 10.7. The van der Waals surface area contributed by atoms with Crippen molar-refractivity contribution < 1.29 is 14.2 Å². The number of ether oxygens (including phenoxy) is 3. The zero-order valence-electron chi connectivity index (χ0n) is 17.4. The topological polar surface area (TPSA) is 95.7 Å². The van der Waals surface area contributed by atoms with Gasteiger partial charge in [0.25, 0.3) is 0 Å². The van der Waals surface area contributed by atoms with Crippen molar-refractivity contribution in [3.05, 3.63) is 60.2 Å². The average Bonchev–Trinajstić information content (AvgIpc) is 3.46. The van der Waals surface area contributed by atoms with E-state index in [0.717, 1.165) is 65.8 Å². The molecule has 162 valence electrons. The standard InChI is InChI=1S/C23H22N6O3/c1-2-19-20(32-14-31-19)11-15(1)12-21-27-28-22-13-16(4-8-29(21)22)18-3-7-24-23(26-18)25-17-5-9-30-10-6-17/h1-4,7-8,11,13,17H,5-6,9-10,12,14H2,(H,24,25,26). The summed E-state index contributed by atoms with van der Waals surface area (Å²) in [5.41, 5.74) is 3.68. The van der Waals surface area contributed by atoms with Crippen molar-refractivity contribution >= 4 is 11.6 Å². The number of pyridine rings is 1. The molecule has 5 heterocycles. The van der Waals surface area contributed by atoms with Gasteiger partial charge >= 0.3 is 0 Å². The number of anilines is 1. The summed E-state index contributed by atoms with van der Waals surface area (Å²) in [5.74, 6) is 3.04. The summed E-state index contributed by atoms with van der Waals surface area (Å²) >= 11 is 0. The van der Waals surface area contributed by atoms with E-state index in [1.807, 2.05) is 47.0 Å². The number of hydrogen-bond acceptors (Lipinski definition) is 8. The Bertz CT molecular complexity index is 1270. The number of nitrogens with zero attached hydrogens (tertiary/aromatic N) is 5. The van der Waals surface area contributed by atoms with Crippen molar-refractivity contribution in [3.63, 3.8) is 0 Å². The molecule has 4 aromatic rings. The van der Waals surface area contributed by atoms with Crippen molar-refractivity contribution in [3.8, 4) is 22.8 Å². The monoisotopic (exact) mass is 430 g/mol. The second-order valence-electron chi connectivity index (χ2n) is 7.92. The molecule has 32 heavy (non-hydrogen) atoms. The van der Waals surface area contributed by atoms with Crippen LogP contribution in [0.1, 0.15) is 24.2 Å². The van der Waals surface area contributed by atoms with E-state index in [4.69, 9.17) is 19.2 Å². The maximum atomic E-state index is 5.48. The van der Waals surface area contributed by atoms with Crippen LogP contribution in [-0.4, -0.2) is 50.6 Å². The first-order valence-corrected chi connectivity index (χ1v) is 10.7. The highest BCUT2D eigenvalue weighted by Crippen LogP contribution is 2.33. The molecule has 1 N–H and O–H groups in total. The molecule has 0 saturated carbocycles. The van der Waals surface area contributed by atoms with Crippen LogP contribution in [0.5, 0.6) is 11.5 Å². The Hall–Kier alpha value is -3.72. The number of benzene rings is 1. The molecule has 1 fully saturated rings. The lowest BCUT2D eigenvalue weighted by Crippen LogP contribution is -2.28. The Kier molecular flexibility index (Phi) is 4.80. The average molecular weight is 430 g/mol. The van der Waals surface area contributed by atoms with Crippen molar-refractivity contribution in [2.24, 2.45) is 0 Å². The lowest BCUT2D eigenvalue weighted by Gasteiger charge is -2.23. The minimum absolute atomic E-state index is 0.269. The number of hydrogen-bond donors (Lipinski definition) is 1. The zero-order valence-corrected chi connectivity index (χ0v) is 17.4. The molecule has 6 rings (SSSR count). The van der Waals surface area contributed by atoms with Crippen LogP contribution in [0, 0.1) is 0 Å². The molecule has 0 bridgehead atoms. The molecule has 0 spiro atoms. The molecule has 0 unspecified atom stereocenters. The number of nitrogens with one attached hydrogen (secondary N) is 1. The van der Waals surface area contributed by atoms with Crippen molar-refractivity contribution in [2.75, 3.05) is 25.3 Å².